The van der Waals surface area contributed by atoms with E-state index >= 15 is 0 Å². The van der Waals surface area contributed by atoms with Crippen LogP contribution < -0.4 is 10.6 Å². The van der Waals surface area contributed by atoms with Crippen molar-refractivity contribution in [2.24, 2.45) is 0 Å². The highest BCUT2D eigenvalue weighted by atomic mass is 15.2. The minimum absolute atomic E-state index is 0.496. The molecule has 0 bridgehead atoms. The molecule has 0 saturated heterocycles. The number of rotatable bonds is 4. The van der Waals surface area contributed by atoms with E-state index in [0.717, 1.165) is 11.5 Å². The Morgan fingerprint density at radius 1 is 0.955 bits per heavy atom. The first-order valence-corrected chi connectivity index (χ1v) is 7.93. The first kappa shape index (κ1) is 14.8. The number of aryl methyl sites for hydroxylation is 3. The fourth-order valence-electron chi connectivity index (χ4n) is 2.93. The van der Waals surface area contributed by atoms with Crippen molar-refractivity contribution in [2.45, 2.75) is 52.5 Å². The van der Waals surface area contributed by atoms with Crippen LogP contribution in [-0.2, 0) is 0 Å². The molecule has 1 saturated carbocycles. The Balaban J connectivity index is 1.79. The van der Waals surface area contributed by atoms with E-state index in [4.69, 9.17) is 0 Å². The van der Waals surface area contributed by atoms with Crippen molar-refractivity contribution in [3.8, 4) is 0 Å². The van der Waals surface area contributed by atoms with Crippen LogP contribution in [0.1, 0.15) is 42.6 Å². The van der Waals surface area contributed by atoms with E-state index in [2.05, 4.69) is 57.6 Å². The second kappa shape index (κ2) is 6.30. The maximum atomic E-state index is 4.51. The quantitative estimate of drug-likeness (QED) is 0.896. The largest absolute Gasteiger partial charge is 0.351 e. The molecular formula is C17H23N5. The monoisotopic (exact) mass is 297 g/mol. The molecule has 2 aromatic rings. The summed E-state index contributed by atoms with van der Waals surface area (Å²) < 4.78 is 0. The third kappa shape index (κ3) is 3.53. The molecule has 22 heavy (non-hydrogen) atoms. The molecule has 116 valence electrons. The summed E-state index contributed by atoms with van der Waals surface area (Å²) in [6.07, 6.45) is 4.97. The van der Waals surface area contributed by atoms with Crippen LogP contribution in [0.15, 0.2) is 18.2 Å². The molecule has 5 heteroatoms. The van der Waals surface area contributed by atoms with E-state index in [0.29, 0.717) is 17.9 Å². The fourth-order valence-corrected chi connectivity index (χ4v) is 2.93. The molecule has 5 nitrogen and oxygen atoms in total. The number of benzene rings is 1. The predicted molar refractivity (Wildman–Crippen MR) is 89.6 cm³/mol. The highest BCUT2D eigenvalue weighted by Gasteiger charge is 2.16. The first-order chi connectivity index (χ1) is 10.6. The molecule has 1 aliphatic carbocycles. The fraction of sp³-hybridized carbons (Fsp3) is 0.471. The van der Waals surface area contributed by atoms with Crippen LogP contribution in [0.4, 0.5) is 17.6 Å². The Bertz CT molecular complexity index is 662. The molecule has 0 radical (unpaired) electrons. The zero-order valence-electron chi connectivity index (χ0n) is 13.5. The minimum atomic E-state index is 0.496. The lowest BCUT2D eigenvalue weighted by Gasteiger charge is -2.14. The lowest BCUT2D eigenvalue weighted by molar-refractivity contribution is 0.740. The van der Waals surface area contributed by atoms with Gasteiger partial charge in [-0.15, -0.1) is 0 Å². The number of nitrogens with one attached hydrogen (secondary N) is 2. The van der Waals surface area contributed by atoms with Gasteiger partial charge in [0, 0.05) is 11.7 Å². The van der Waals surface area contributed by atoms with Crippen molar-refractivity contribution in [3.05, 3.63) is 35.2 Å². The Labute approximate surface area is 131 Å². The van der Waals surface area contributed by atoms with Gasteiger partial charge in [-0.2, -0.15) is 15.0 Å². The number of aromatic nitrogens is 3. The molecule has 0 aliphatic heterocycles. The lowest BCUT2D eigenvalue weighted by atomic mass is 10.1. The van der Waals surface area contributed by atoms with Crippen LogP contribution in [0.3, 0.4) is 0 Å². The van der Waals surface area contributed by atoms with Gasteiger partial charge in [-0.1, -0.05) is 30.5 Å². The Kier molecular flexibility index (Phi) is 4.22. The van der Waals surface area contributed by atoms with Crippen LogP contribution in [0.5, 0.6) is 0 Å². The van der Waals surface area contributed by atoms with E-state index in [9.17, 15) is 0 Å². The van der Waals surface area contributed by atoms with Gasteiger partial charge in [0.25, 0.3) is 0 Å². The van der Waals surface area contributed by atoms with Crippen LogP contribution in [0, 0.1) is 20.8 Å². The molecule has 0 atom stereocenters. The average Bonchev–Trinajstić information content (AvgIpc) is 2.94. The van der Waals surface area contributed by atoms with Crippen LogP contribution >= 0.6 is 0 Å². The maximum absolute atomic E-state index is 4.51. The number of nitrogens with zero attached hydrogens (tertiary/aromatic N) is 3. The first-order valence-electron chi connectivity index (χ1n) is 7.93. The number of anilines is 3. The molecule has 2 N–H and O–H groups in total. The van der Waals surface area contributed by atoms with Crippen molar-refractivity contribution >= 4 is 17.6 Å². The van der Waals surface area contributed by atoms with Gasteiger partial charge in [0.15, 0.2) is 0 Å². The predicted octanol–water partition coefficient (Wildman–Crippen LogP) is 3.89. The minimum Gasteiger partial charge on any atom is -0.351 e. The lowest BCUT2D eigenvalue weighted by Crippen LogP contribution is -2.18. The summed E-state index contributed by atoms with van der Waals surface area (Å²) in [5.74, 6) is 1.99. The molecular weight excluding hydrogens is 274 g/mol. The summed E-state index contributed by atoms with van der Waals surface area (Å²) in [6, 6.07) is 6.79. The SMILES string of the molecule is Cc1ccc(Nc2nc(C)nc(NC3CCCC3)n2)c(C)c1. The van der Waals surface area contributed by atoms with Crippen molar-refractivity contribution < 1.29 is 0 Å². The highest BCUT2D eigenvalue weighted by Crippen LogP contribution is 2.22. The van der Waals surface area contributed by atoms with Crippen molar-refractivity contribution in [2.75, 3.05) is 10.6 Å². The standard InChI is InChI=1S/C17H23N5/c1-11-8-9-15(12(2)10-11)21-17-19-13(3)18-16(22-17)20-14-6-4-5-7-14/h8-10,14H,4-7H2,1-3H3,(H2,18,19,20,21,22). The zero-order valence-corrected chi connectivity index (χ0v) is 13.5. The van der Waals surface area contributed by atoms with Crippen LogP contribution in [0.2, 0.25) is 0 Å². The van der Waals surface area contributed by atoms with Gasteiger partial charge in [-0.25, -0.2) is 0 Å². The second-order valence-corrected chi connectivity index (χ2v) is 6.10. The molecule has 0 amide bonds. The number of hydrogen-bond acceptors (Lipinski definition) is 5. The van der Waals surface area contributed by atoms with E-state index in [1.54, 1.807) is 0 Å². The van der Waals surface area contributed by atoms with Gasteiger partial charge in [-0.05, 0) is 45.2 Å². The van der Waals surface area contributed by atoms with Crippen LogP contribution in [-0.4, -0.2) is 21.0 Å². The smallest absolute Gasteiger partial charge is 0.232 e. The van der Waals surface area contributed by atoms with Crippen LogP contribution in [0.25, 0.3) is 0 Å². The Hall–Kier alpha value is -2.17. The summed E-state index contributed by atoms with van der Waals surface area (Å²) >= 11 is 0. The van der Waals surface area contributed by atoms with E-state index < -0.39 is 0 Å². The Morgan fingerprint density at radius 2 is 1.68 bits per heavy atom. The third-order valence-corrected chi connectivity index (χ3v) is 4.06. The van der Waals surface area contributed by atoms with E-state index in [1.165, 1.54) is 36.8 Å². The summed E-state index contributed by atoms with van der Waals surface area (Å²) in [6.45, 7) is 6.07. The van der Waals surface area contributed by atoms with Gasteiger partial charge < -0.3 is 10.6 Å². The highest BCUT2D eigenvalue weighted by molar-refractivity contribution is 5.59. The summed E-state index contributed by atoms with van der Waals surface area (Å²) in [5.41, 5.74) is 3.46. The molecule has 0 unspecified atom stereocenters. The van der Waals surface area contributed by atoms with Gasteiger partial charge in [0.05, 0.1) is 0 Å². The molecule has 1 aromatic carbocycles. The topological polar surface area (TPSA) is 62.7 Å². The number of hydrogen-bond donors (Lipinski definition) is 2. The van der Waals surface area contributed by atoms with Crippen molar-refractivity contribution in [3.63, 3.8) is 0 Å². The molecule has 1 aromatic heterocycles. The van der Waals surface area contributed by atoms with Gasteiger partial charge in [0.1, 0.15) is 5.82 Å². The molecule has 1 fully saturated rings. The zero-order chi connectivity index (χ0) is 15.5. The summed E-state index contributed by atoms with van der Waals surface area (Å²) in [4.78, 5) is 13.3. The average molecular weight is 297 g/mol. The summed E-state index contributed by atoms with van der Waals surface area (Å²) in [5, 5.41) is 6.73. The molecule has 0 spiro atoms. The van der Waals surface area contributed by atoms with Crippen molar-refractivity contribution in [1.82, 2.24) is 15.0 Å². The van der Waals surface area contributed by atoms with Gasteiger partial charge in [-0.3, -0.25) is 0 Å². The van der Waals surface area contributed by atoms with Gasteiger partial charge in [0.2, 0.25) is 11.9 Å². The second-order valence-electron chi connectivity index (χ2n) is 6.10. The summed E-state index contributed by atoms with van der Waals surface area (Å²) in [7, 11) is 0. The van der Waals surface area contributed by atoms with E-state index in [-0.39, 0.29) is 0 Å². The normalized spacial score (nSPS) is 15.0. The molecule has 1 aliphatic rings. The van der Waals surface area contributed by atoms with Gasteiger partial charge >= 0.3 is 0 Å². The third-order valence-electron chi connectivity index (χ3n) is 4.06. The van der Waals surface area contributed by atoms with Crippen molar-refractivity contribution in [1.29, 1.82) is 0 Å². The molecule has 1 heterocycles. The molecule has 3 rings (SSSR count). The maximum Gasteiger partial charge on any atom is 0.232 e. The Morgan fingerprint density at radius 3 is 2.41 bits per heavy atom. The van der Waals surface area contributed by atoms with E-state index in [1.807, 2.05) is 6.92 Å².